The first-order chi connectivity index (χ1) is 12.6. The molecule has 27 heavy (non-hydrogen) atoms. The molecule has 1 amide bonds. The second-order valence-electron chi connectivity index (χ2n) is 7.23. The minimum atomic E-state index is -0.534. The molecule has 0 aromatic heterocycles. The number of anilines is 1. The van der Waals surface area contributed by atoms with Gasteiger partial charge in [-0.25, -0.2) is 0 Å². The Hall–Kier alpha value is -3.09. The fraction of sp³-hybridized carbons (Fsp3) is 0.350. The van der Waals surface area contributed by atoms with Crippen LogP contribution in [0.25, 0.3) is 0 Å². The van der Waals surface area contributed by atoms with Crippen molar-refractivity contribution in [3.8, 4) is 11.5 Å². The molecule has 0 aliphatic carbocycles. The summed E-state index contributed by atoms with van der Waals surface area (Å²) in [4.78, 5) is 22.7. The Morgan fingerprint density at radius 3 is 2.41 bits per heavy atom. The lowest BCUT2D eigenvalue weighted by Gasteiger charge is -2.23. The van der Waals surface area contributed by atoms with Crippen LogP contribution in [0.3, 0.4) is 0 Å². The van der Waals surface area contributed by atoms with E-state index in [4.69, 9.17) is 9.47 Å². The third-order valence-electron chi connectivity index (χ3n) is 3.97. The van der Waals surface area contributed by atoms with Gasteiger partial charge < -0.3 is 14.8 Å². The molecule has 7 heteroatoms. The van der Waals surface area contributed by atoms with Crippen molar-refractivity contribution >= 4 is 17.3 Å². The smallest absolute Gasteiger partial charge is 0.271 e. The molecular formula is C20H24N2O5. The normalized spacial score (nSPS) is 11.0. The van der Waals surface area contributed by atoms with Gasteiger partial charge in [0.05, 0.1) is 17.7 Å². The summed E-state index contributed by atoms with van der Waals surface area (Å²) in [5.74, 6) is 0.531. The van der Waals surface area contributed by atoms with Crippen molar-refractivity contribution < 1.29 is 19.2 Å². The van der Waals surface area contributed by atoms with Gasteiger partial charge in [0.25, 0.3) is 11.6 Å². The van der Waals surface area contributed by atoms with Crippen molar-refractivity contribution in [1.82, 2.24) is 0 Å². The van der Waals surface area contributed by atoms with Crippen LogP contribution in [0.15, 0.2) is 36.4 Å². The third-order valence-corrected chi connectivity index (χ3v) is 3.97. The zero-order valence-corrected chi connectivity index (χ0v) is 16.2. The fourth-order valence-electron chi connectivity index (χ4n) is 2.59. The lowest BCUT2D eigenvalue weighted by atomic mass is 9.85. The Morgan fingerprint density at radius 2 is 1.81 bits per heavy atom. The lowest BCUT2D eigenvalue weighted by Crippen LogP contribution is -2.22. The van der Waals surface area contributed by atoms with Gasteiger partial charge >= 0.3 is 0 Å². The molecule has 2 aromatic carbocycles. The van der Waals surface area contributed by atoms with E-state index in [1.165, 1.54) is 25.3 Å². The standard InChI is InChI=1S/C20H24N2O5/c1-13-6-8-17(15(10-13)20(2,3)4)27-12-19(23)21-16-11-14(22(24)25)7-9-18(16)26-5/h6-11H,12H2,1-5H3,(H,21,23). The van der Waals surface area contributed by atoms with Crippen LogP contribution < -0.4 is 14.8 Å². The maximum atomic E-state index is 12.3. The highest BCUT2D eigenvalue weighted by Gasteiger charge is 2.20. The fourth-order valence-corrected chi connectivity index (χ4v) is 2.59. The molecule has 0 saturated heterocycles. The van der Waals surface area contributed by atoms with Crippen molar-refractivity contribution in [2.75, 3.05) is 19.0 Å². The average Bonchev–Trinajstić information content (AvgIpc) is 2.59. The minimum Gasteiger partial charge on any atom is -0.495 e. The van der Waals surface area contributed by atoms with Crippen molar-refractivity contribution in [3.05, 3.63) is 57.6 Å². The van der Waals surface area contributed by atoms with Gasteiger partial charge in [0.15, 0.2) is 6.61 Å². The van der Waals surface area contributed by atoms with Crippen LogP contribution in [0.2, 0.25) is 0 Å². The molecule has 0 fully saturated rings. The predicted molar refractivity (Wildman–Crippen MR) is 104 cm³/mol. The Bertz CT molecular complexity index is 856. The summed E-state index contributed by atoms with van der Waals surface area (Å²) < 4.78 is 10.9. The maximum Gasteiger partial charge on any atom is 0.271 e. The number of carbonyl (C=O) groups is 1. The van der Waals surface area contributed by atoms with E-state index in [1.807, 2.05) is 25.1 Å². The highest BCUT2D eigenvalue weighted by Crippen LogP contribution is 2.32. The molecule has 7 nitrogen and oxygen atoms in total. The van der Waals surface area contributed by atoms with Crippen LogP contribution in [-0.2, 0) is 10.2 Å². The number of hydrogen-bond acceptors (Lipinski definition) is 5. The molecule has 0 heterocycles. The van der Waals surface area contributed by atoms with E-state index in [9.17, 15) is 14.9 Å². The summed E-state index contributed by atoms with van der Waals surface area (Å²) in [5, 5.41) is 13.5. The molecule has 0 unspecified atom stereocenters. The number of amides is 1. The molecule has 0 aliphatic rings. The van der Waals surface area contributed by atoms with Crippen molar-refractivity contribution in [2.45, 2.75) is 33.1 Å². The molecule has 2 aromatic rings. The molecule has 0 saturated carbocycles. The van der Waals surface area contributed by atoms with Gasteiger partial charge in [-0.05, 0) is 30.0 Å². The number of nitrogens with one attached hydrogen (secondary N) is 1. The second-order valence-corrected chi connectivity index (χ2v) is 7.23. The van der Waals surface area contributed by atoms with Crippen LogP contribution in [-0.4, -0.2) is 24.5 Å². The van der Waals surface area contributed by atoms with E-state index in [-0.39, 0.29) is 23.4 Å². The van der Waals surface area contributed by atoms with Gasteiger partial charge in [-0.15, -0.1) is 0 Å². The zero-order chi connectivity index (χ0) is 20.2. The average molecular weight is 372 g/mol. The Balaban J connectivity index is 2.14. The number of rotatable bonds is 6. The van der Waals surface area contributed by atoms with Crippen LogP contribution in [0, 0.1) is 17.0 Å². The zero-order valence-electron chi connectivity index (χ0n) is 16.2. The lowest BCUT2D eigenvalue weighted by molar-refractivity contribution is -0.384. The molecular weight excluding hydrogens is 348 g/mol. The highest BCUT2D eigenvalue weighted by atomic mass is 16.6. The largest absolute Gasteiger partial charge is 0.495 e. The highest BCUT2D eigenvalue weighted by molar-refractivity contribution is 5.93. The van der Waals surface area contributed by atoms with E-state index < -0.39 is 10.8 Å². The van der Waals surface area contributed by atoms with Gasteiger partial charge in [-0.2, -0.15) is 0 Å². The molecule has 0 spiro atoms. The number of hydrogen-bond donors (Lipinski definition) is 1. The molecule has 0 bridgehead atoms. The number of carbonyl (C=O) groups excluding carboxylic acids is 1. The first kappa shape index (κ1) is 20.2. The number of nitro groups is 1. The van der Waals surface area contributed by atoms with E-state index in [2.05, 4.69) is 26.1 Å². The number of nitrogens with zero attached hydrogens (tertiary/aromatic N) is 1. The molecule has 1 N–H and O–H groups in total. The van der Waals surface area contributed by atoms with E-state index in [0.717, 1.165) is 11.1 Å². The van der Waals surface area contributed by atoms with Crippen LogP contribution >= 0.6 is 0 Å². The van der Waals surface area contributed by atoms with Gasteiger partial charge in [-0.1, -0.05) is 38.5 Å². The van der Waals surface area contributed by atoms with Crippen LogP contribution in [0.1, 0.15) is 31.9 Å². The molecule has 2 rings (SSSR count). The van der Waals surface area contributed by atoms with Crippen molar-refractivity contribution in [2.24, 2.45) is 0 Å². The number of aryl methyl sites for hydroxylation is 1. The van der Waals surface area contributed by atoms with Crippen LogP contribution in [0.4, 0.5) is 11.4 Å². The number of methoxy groups -OCH3 is 1. The molecule has 0 radical (unpaired) electrons. The van der Waals surface area contributed by atoms with Crippen molar-refractivity contribution in [3.63, 3.8) is 0 Å². The van der Waals surface area contributed by atoms with E-state index >= 15 is 0 Å². The number of nitro benzene ring substituents is 1. The summed E-state index contributed by atoms with van der Waals surface area (Å²) in [7, 11) is 1.43. The van der Waals surface area contributed by atoms with Gasteiger partial charge in [0.1, 0.15) is 11.5 Å². The Labute approximate surface area is 158 Å². The summed E-state index contributed by atoms with van der Waals surface area (Å²) in [6, 6.07) is 9.81. The summed E-state index contributed by atoms with van der Waals surface area (Å²) in [6.07, 6.45) is 0. The SMILES string of the molecule is COc1ccc([N+](=O)[O-])cc1NC(=O)COc1ccc(C)cc1C(C)(C)C. The Kier molecular flexibility index (Phi) is 6.05. The first-order valence-electron chi connectivity index (χ1n) is 8.48. The van der Waals surface area contributed by atoms with E-state index in [0.29, 0.717) is 11.5 Å². The van der Waals surface area contributed by atoms with Crippen LogP contribution in [0.5, 0.6) is 11.5 Å². The topological polar surface area (TPSA) is 90.7 Å². The minimum absolute atomic E-state index is 0.138. The predicted octanol–water partition coefficient (Wildman–Crippen LogP) is 4.23. The molecule has 144 valence electrons. The van der Waals surface area contributed by atoms with Crippen molar-refractivity contribution in [1.29, 1.82) is 0 Å². The third kappa shape index (κ3) is 5.20. The first-order valence-corrected chi connectivity index (χ1v) is 8.48. The van der Waals surface area contributed by atoms with Gasteiger partial charge in [0, 0.05) is 12.1 Å². The summed E-state index contributed by atoms with van der Waals surface area (Å²) in [6.45, 7) is 7.99. The summed E-state index contributed by atoms with van der Waals surface area (Å²) >= 11 is 0. The van der Waals surface area contributed by atoms with Gasteiger partial charge in [0.2, 0.25) is 0 Å². The number of ether oxygens (including phenoxy) is 2. The number of benzene rings is 2. The number of non-ortho nitro benzene ring substituents is 1. The van der Waals surface area contributed by atoms with E-state index in [1.54, 1.807) is 0 Å². The maximum absolute atomic E-state index is 12.3. The van der Waals surface area contributed by atoms with Gasteiger partial charge in [-0.3, -0.25) is 14.9 Å². The summed E-state index contributed by atoms with van der Waals surface area (Å²) in [5.41, 5.74) is 2.06. The Morgan fingerprint density at radius 1 is 1.15 bits per heavy atom. The second kappa shape index (κ2) is 8.07. The molecule has 0 aliphatic heterocycles. The monoisotopic (exact) mass is 372 g/mol. The quantitative estimate of drug-likeness (QED) is 0.605. The molecule has 0 atom stereocenters.